The van der Waals surface area contributed by atoms with Crippen molar-refractivity contribution in [2.24, 2.45) is 0 Å². The van der Waals surface area contributed by atoms with Gasteiger partial charge in [0, 0.05) is 22.5 Å². The molecule has 9 aromatic rings. The van der Waals surface area contributed by atoms with E-state index in [2.05, 4.69) is 195 Å². The molecule has 0 spiro atoms. The highest BCUT2D eigenvalue weighted by molar-refractivity contribution is 6.17. The maximum atomic E-state index is 2.44. The second-order valence-corrected chi connectivity index (χ2v) is 14.2. The molecule has 10 rings (SSSR count). The summed E-state index contributed by atoms with van der Waals surface area (Å²) in [5, 5.41) is 10.2. The van der Waals surface area contributed by atoms with E-state index in [1.54, 1.807) is 0 Å². The molecule has 0 N–H and O–H groups in total. The molecule has 0 heterocycles. The van der Waals surface area contributed by atoms with E-state index in [9.17, 15) is 0 Å². The first-order valence-corrected chi connectivity index (χ1v) is 17.5. The van der Waals surface area contributed by atoms with Gasteiger partial charge in [-0.2, -0.15) is 0 Å². The molecule has 1 aliphatic rings. The number of benzene rings is 9. The molecule has 0 radical (unpaired) electrons. The van der Waals surface area contributed by atoms with Crippen molar-refractivity contribution in [3.63, 3.8) is 0 Å². The topological polar surface area (TPSA) is 3.24 Å². The van der Waals surface area contributed by atoms with E-state index in [4.69, 9.17) is 0 Å². The van der Waals surface area contributed by atoms with Crippen LogP contribution in [0.2, 0.25) is 0 Å². The van der Waals surface area contributed by atoms with Gasteiger partial charge in [0.15, 0.2) is 0 Å². The molecule has 1 nitrogen and oxygen atoms in total. The molecule has 236 valence electrons. The van der Waals surface area contributed by atoms with Gasteiger partial charge >= 0.3 is 0 Å². The summed E-state index contributed by atoms with van der Waals surface area (Å²) in [5.41, 5.74) is 11.2. The number of rotatable bonds is 4. The molecule has 0 bridgehead atoms. The highest BCUT2D eigenvalue weighted by Crippen LogP contribution is 2.51. The van der Waals surface area contributed by atoms with Crippen LogP contribution in [0.3, 0.4) is 0 Å². The van der Waals surface area contributed by atoms with Crippen LogP contribution in [0.4, 0.5) is 17.1 Å². The van der Waals surface area contributed by atoms with Crippen molar-refractivity contribution in [1.29, 1.82) is 0 Å². The summed E-state index contributed by atoms with van der Waals surface area (Å²) in [6.07, 6.45) is 0. The summed E-state index contributed by atoms with van der Waals surface area (Å²) in [6.45, 7) is 4.72. The van der Waals surface area contributed by atoms with Crippen molar-refractivity contribution >= 4 is 60.2 Å². The van der Waals surface area contributed by atoms with Crippen molar-refractivity contribution in [2.45, 2.75) is 19.3 Å². The highest BCUT2D eigenvalue weighted by Gasteiger charge is 2.35. The van der Waals surface area contributed by atoms with Crippen molar-refractivity contribution in [3.05, 3.63) is 187 Å². The lowest BCUT2D eigenvalue weighted by Crippen LogP contribution is -2.16. The maximum Gasteiger partial charge on any atom is 0.0468 e. The van der Waals surface area contributed by atoms with Gasteiger partial charge in [0.25, 0.3) is 0 Å². The summed E-state index contributed by atoms with van der Waals surface area (Å²) in [7, 11) is 0. The molecule has 0 atom stereocenters. The van der Waals surface area contributed by atoms with E-state index < -0.39 is 0 Å². The molecule has 0 amide bonds. The van der Waals surface area contributed by atoms with Gasteiger partial charge in [-0.1, -0.05) is 147 Å². The van der Waals surface area contributed by atoms with E-state index in [0.717, 1.165) is 17.1 Å². The third-order valence-corrected chi connectivity index (χ3v) is 11.0. The Morgan fingerprint density at radius 1 is 0.340 bits per heavy atom. The number of anilines is 3. The second-order valence-electron chi connectivity index (χ2n) is 14.2. The van der Waals surface area contributed by atoms with E-state index in [0.29, 0.717) is 0 Å². The van der Waals surface area contributed by atoms with Crippen molar-refractivity contribution in [2.75, 3.05) is 4.90 Å². The van der Waals surface area contributed by atoms with Crippen LogP contribution in [-0.2, 0) is 5.41 Å². The van der Waals surface area contributed by atoms with Crippen LogP contribution in [-0.4, -0.2) is 0 Å². The molecule has 0 aromatic heterocycles. The minimum absolute atomic E-state index is 0.0916. The Labute approximate surface area is 292 Å². The van der Waals surface area contributed by atoms with Crippen LogP contribution in [0.15, 0.2) is 176 Å². The molecule has 1 heteroatoms. The smallest absolute Gasteiger partial charge is 0.0468 e. The summed E-state index contributed by atoms with van der Waals surface area (Å²) in [5.74, 6) is 0. The first-order chi connectivity index (χ1) is 24.5. The van der Waals surface area contributed by atoms with Crippen LogP contribution >= 0.6 is 0 Å². The van der Waals surface area contributed by atoms with Gasteiger partial charge in [-0.05, 0) is 119 Å². The van der Waals surface area contributed by atoms with Gasteiger partial charge in [-0.15, -0.1) is 0 Å². The SMILES string of the molecule is CC1(C)c2ccccc2-c2ccc(N(c3cccc(-c4ccc5ccccc5c4)c3)c3ccc4c(ccc5c6ccccc6ccc45)c3)cc21. The normalized spacial score (nSPS) is 13.2. The summed E-state index contributed by atoms with van der Waals surface area (Å²) >= 11 is 0. The molecule has 0 unspecified atom stereocenters. The van der Waals surface area contributed by atoms with E-state index in [1.807, 2.05) is 0 Å². The fraction of sp³-hybridized carbons (Fsp3) is 0.0612. The molecular weight excluding hydrogens is 603 g/mol. The quantitative estimate of drug-likeness (QED) is 0.174. The summed E-state index contributed by atoms with van der Waals surface area (Å²) in [4.78, 5) is 2.44. The molecule has 9 aromatic carbocycles. The van der Waals surface area contributed by atoms with Gasteiger partial charge in [-0.3, -0.25) is 0 Å². The van der Waals surface area contributed by atoms with E-state index in [1.165, 1.54) is 76.5 Å². The first-order valence-electron chi connectivity index (χ1n) is 17.5. The molecular formula is C49H35N. The van der Waals surface area contributed by atoms with Crippen LogP contribution < -0.4 is 4.90 Å². The van der Waals surface area contributed by atoms with Crippen LogP contribution in [0.5, 0.6) is 0 Å². The Morgan fingerprint density at radius 3 is 1.82 bits per heavy atom. The van der Waals surface area contributed by atoms with Gasteiger partial charge in [0.05, 0.1) is 0 Å². The molecule has 0 saturated carbocycles. The molecule has 50 heavy (non-hydrogen) atoms. The Balaban J connectivity index is 1.16. The number of hydrogen-bond donors (Lipinski definition) is 0. The van der Waals surface area contributed by atoms with Crippen LogP contribution in [0.25, 0.3) is 65.3 Å². The average molecular weight is 638 g/mol. The predicted molar refractivity (Wildman–Crippen MR) is 214 cm³/mol. The Kier molecular flexibility index (Phi) is 6.29. The van der Waals surface area contributed by atoms with Crippen molar-refractivity contribution in [3.8, 4) is 22.3 Å². The van der Waals surface area contributed by atoms with Gasteiger partial charge in [0.2, 0.25) is 0 Å². The van der Waals surface area contributed by atoms with Crippen LogP contribution in [0, 0.1) is 0 Å². The zero-order valence-corrected chi connectivity index (χ0v) is 28.2. The standard InChI is InChI=1S/C49H35N/c1-49(2)47-17-8-7-16-45(47)46-27-23-40(31-48(46)49)50(38-14-9-13-35(29-38)36-19-18-32-10-3-4-12-34(32)28-36)39-22-26-42-37(30-39)21-25-43-41-15-6-5-11-33(41)20-24-44(42)43/h3-31H,1-2H3. The number of fused-ring (bicyclic) bond motifs is 9. The molecule has 0 saturated heterocycles. The minimum atomic E-state index is -0.0916. The molecule has 0 aliphatic heterocycles. The molecule has 0 fully saturated rings. The highest BCUT2D eigenvalue weighted by atomic mass is 15.1. The zero-order valence-electron chi connectivity index (χ0n) is 28.2. The van der Waals surface area contributed by atoms with Gasteiger partial charge in [-0.25, -0.2) is 0 Å². The summed E-state index contributed by atoms with van der Waals surface area (Å²) in [6, 6.07) is 65.1. The predicted octanol–water partition coefficient (Wildman–Crippen LogP) is 13.7. The van der Waals surface area contributed by atoms with Crippen LogP contribution in [0.1, 0.15) is 25.0 Å². The molecule has 1 aliphatic carbocycles. The number of nitrogens with zero attached hydrogens (tertiary/aromatic N) is 1. The first kappa shape index (κ1) is 28.8. The van der Waals surface area contributed by atoms with Crippen molar-refractivity contribution in [1.82, 2.24) is 0 Å². The third-order valence-electron chi connectivity index (χ3n) is 11.0. The van der Waals surface area contributed by atoms with E-state index >= 15 is 0 Å². The zero-order chi connectivity index (χ0) is 33.4. The Hall–Kier alpha value is -6.18. The largest absolute Gasteiger partial charge is 0.310 e. The third kappa shape index (κ3) is 4.40. The Morgan fingerprint density at radius 2 is 0.940 bits per heavy atom. The summed E-state index contributed by atoms with van der Waals surface area (Å²) < 4.78 is 0. The lowest BCUT2D eigenvalue weighted by molar-refractivity contribution is 0.660. The fourth-order valence-corrected chi connectivity index (χ4v) is 8.43. The van der Waals surface area contributed by atoms with Gasteiger partial charge < -0.3 is 4.90 Å². The average Bonchev–Trinajstić information content (AvgIpc) is 3.40. The number of hydrogen-bond acceptors (Lipinski definition) is 1. The second kappa shape index (κ2) is 10.9. The lowest BCUT2D eigenvalue weighted by Gasteiger charge is -2.29. The monoisotopic (exact) mass is 637 g/mol. The minimum Gasteiger partial charge on any atom is -0.310 e. The maximum absolute atomic E-state index is 2.44. The lowest BCUT2D eigenvalue weighted by atomic mass is 9.82. The fourth-order valence-electron chi connectivity index (χ4n) is 8.43. The van der Waals surface area contributed by atoms with E-state index in [-0.39, 0.29) is 5.41 Å². The Bertz CT molecular complexity index is 2800. The van der Waals surface area contributed by atoms with Crippen molar-refractivity contribution < 1.29 is 0 Å². The van der Waals surface area contributed by atoms with Gasteiger partial charge in [0.1, 0.15) is 0 Å².